The highest BCUT2D eigenvalue weighted by Gasteiger charge is 2.36. The van der Waals surface area contributed by atoms with Crippen molar-refractivity contribution >= 4 is 56.0 Å². The van der Waals surface area contributed by atoms with Crippen molar-refractivity contribution in [2.45, 2.75) is 44.7 Å². The molecule has 0 saturated carbocycles. The summed E-state index contributed by atoms with van der Waals surface area (Å²) in [6.45, 7) is 5.04. The number of nitrogens with two attached hydrogens (primary N) is 2. The minimum atomic E-state index is -4.84. The minimum Gasteiger partial charge on any atom is -0.495 e. The van der Waals surface area contributed by atoms with E-state index in [2.05, 4.69) is 30.7 Å². The lowest BCUT2D eigenvalue weighted by atomic mass is 9.95. The number of amides is 1. The van der Waals surface area contributed by atoms with Gasteiger partial charge in [-0.1, -0.05) is 0 Å². The van der Waals surface area contributed by atoms with Crippen molar-refractivity contribution in [2.24, 2.45) is 0 Å². The van der Waals surface area contributed by atoms with Gasteiger partial charge < -0.3 is 36.5 Å². The highest BCUT2D eigenvalue weighted by Crippen LogP contribution is 2.40. The van der Waals surface area contributed by atoms with E-state index in [1.165, 1.54) is 47.6 Å². The van der Waals surface area contributed by atoms with Crippen molar-refractivity contribution in [3.05, 3.63) is 93.5 Å². The number of thiophene rings is 1. The van der Waals surface area contributed by atoms with E-state index in [-0.39, 0.29) is 45.6 Å². The first-order valence-electron chi connectivity index (χ1n) is 17.5. The van der Waals surface area contributed by atoms with Gasteiger partial charge in [0.2, 0.25) is 0 Å². The van der Waals surface area contributed by atoms with Gasteiger partial charge in [0.05, 0.1) is 64.8 Å². The lowest BCUT2D eigenvalue weighted by molar-refractivity contribution is -0.138. The molecule has 1 aliphatic rings. The lowest BCUT2D eigenvalue weighted by Gasteiger charge is -2.26. The van der Waals surface area contributed by atoms with Crippen LogP contribution in [0.4, 0.5) is 49.4 Å². The third kappa shape index (κ3) is 8.31. The largest absolute Gasteiger partial charge is 0.495 e. The van der Waals surface area contributed by atoms with Gasteiger partial charge in [-0.05, 0) is 66.9 Å². The number of nitrogens with zero attached hydrogens (tertiary/aromatic N) is 6. The van der Waals surface area contributed by atoms with Gasteiger partial charge in [-0.2, -0.15) is 31.4 Å². The summed E-state index contributed by atoms with van der Waals surface area (Å²) in [4.78, 5) is 28.4. The van der Waals surface area contributed by atoms with E-state index < -0.39 is 42.0 Å². The summed E-state index contributed by atoms with van der Waals surface area (Å²) in [7, 11) is 1.41. The quantitative estimate of drug-likeness (QED) is 0.0805. The number of ether oxygens (including phenoxy) is 2. The van der Waals surface area contributed by atoms with Crippen molar-refractivity contribution in [3.8, 4) is 5.75 Å². The second-order valence-corrected chi connectivity index (χ2v) is 14.5. The van der Waals surface area contributed by atoms with Crippen molar-refractivity contribution in [3.63, 3.8) is 0 Å². The van der Waals surface area contributed by atoms with Crippen LogP contribution < -0.4 is 26.8 Å². The standard InChI is InChI=1S/C37H36F6N10O3S/c1-18(20-8-22(36(38,39)40)12-23(44)9-20)48-33-29-13-24(55-3)16-53(29)51-31(50-33)14-25-26(37(41,42)43)10-21(11-27(25)45)19(2)49-34-32-28(46-17-47-34)15-30(57-32)35(54)52-4-6-56-7-5-52/h8-13,15-19H,4-7,14,44-45H2,1-3H3,(H,46,47,49)(H,48,50,51)/t18-,19-/m1/s1. The fraction of sp³-hybridized carbons (Fsp3) is 0.324. The van der Waals surface area contributed by atoms with Gasteiger partial charge >= 0.3 is 12.4 Å². The molecule has 2 atom stereocenters. The molecule has 13 nitrogen and oxygen atoms in total. The number of alkyl halides is 6. The van der Waals surface area contributed by atoms with Crippen LogP contribution in [0.15, 0.2) is 55.0 Å². The molecule has 300 valence electrons. The Morgan fingerprint density at radius 1 is 0.930 bits per heavy atom. The first-order valence-corrected chi connectivity index (χ1v) is 18.3. The number of nitrogens with one attached hydrogen (secondary N) is 2. The van der Waals surface area contributed by atoms with Gasteiger partial charge in [-0.15, -0.1) is 11.3 Å². The van der Waals surface area contributed by atoms with Gasteiger partial charge in [0.25, 0.3) is 5.91 Å². The van der Waals surface area contributed by atoms with E-state index in [0.717, 1.165) is 18.2 Å². The van der Waals surface area contributed by atoms with Gasteiger partial charge in [-0.3, -0.25) is 4.79 Å². The van der Waals surface area contributed by atoms with Crippen LogP contribution in [0.2, 0.25) is 0 Å². The van der Waals surface area contributed by atoms with E-state index in [4.69, 9.17) is 20.9 Å². The Morgan fingerprint density at radius 2 is 1.63 bits per heavy atom. The summed E-state index contributed by atoms with van der Waals surface area (Å²) >= 11 is 1.18. The summed E-state index contributed by atoms with van der Waals surface area (Å²) in [5.74, 6) is 0.563. The van der Waals surface area contributed by atoms with Crippen LogP contribution in [-0.4, -0.2) is 68.8 Å². The van der Waals surface area contributed by atoms with Crippen LogP contribution in [0.1, 0.15) is 69.2 Å². The number of nitrogen functional groups attached to an aromatic ring is 2. The van der Waals surface area contributed by atoms with E-state index in [0.29, 0.717) is 58.5 Å². The van der Waals surface area contributed by atoms with Gasteiger partial charge in [0, 0.05) is 37.0 Å². The first kappa shape index (κ1) is 39.3. The van der Waals surface area contributed by atoms with Crippen LogP contribution in [-0.2, 0) is 23.5 Å². The zero-order chi connectivity index (χ0) is 40.8. The number of rotatable bonds is 10. The third-order valence-electron chi connectivity index (χ3n) is 9.50. The molecule has 1 fully saturated rings. The Balaban J connectivity index is 1.19. The molecule has 1 amide bonds. The molecule has 4 aromatic heterocycles. The Bertz CT molecular complexity index is 2460. The number of halogens is 6. The molecule has 0 aliphatic carbocycles. The fourth-order valence-corrected chi connectivity index (χ4v) is 7.57. The number of carbonyl (C=O) groups is 1. The first-order chi connectivity index (χ1) is 27.0. The van der Waals surface area contributed by atoms with Crippen LogP contribution >= 0.6 is 11.3 Å². The third-order valence-corrected chi connectivity index (χ3v) is 10.6. The fourth-order valence-electron chi connectivity index (χ4n) is 6.54. The van der Waals surface area contributed by atoms with Crippen molar-refractivity contribution < 1.29 is 40.6 Å². The van der Waals surface area contributed by atoms with Gasteiger partial charge in [-0.25, -0.2) is 19.5 Å². The normalized spacial score (nSPS) is 14.9. The Kier molecular flexibility index (Phi) is 10.5. The zero-order valence-electron chi connectivity index (χ0n) is 30.6. The number of morpholine rings is 1. The molecule has 5 heterocycles. The Hall–Kier alpha value is -5.89. The molecule has 0 radical (unpaired) electrons. The number of benzene rings is 2. The van der Waals surface area contributed by atoms with Crippen LogP contribution in [0.25, 0.3) is 15.7 Å². The predicted molar refractivity (Wildman–Crippen MR) is 202 cm³/mol. The molecule has 1 aliphatic heterocycles. The van der Waals surface area contributed by atoms with E-state index in [9.17, 15) is 31.1 Å². The summed E-state index contributed by atoms with van der Waals surface area (Å²) in [5, 5.41) is 10.7. The maximum absolute atomic E-state index is 14.8. The smallest absolute Gasteiger partial charge is 0.416 e. The van der Waals surface area contributed by atoms with E-state index in [1.807, 2.05) is 0 Å². The molecule has 1 saturated heterocycles. The number of hydrogen-bond acceptors (Lipinski definition) is 12. The lowest BCUT2D eigenvalue weighted by Crippen LogP contribution is -2.40. The van der Waals surface area contributed by atoms with Crippen LogP contribution in [0, 0.1) is 0 Å². The molecular formula is C37H36F6N10O3S. The maximum atomic E-state index is 14.8. The SMILES string of the molecule is COc1cc2c(N[C@H](C)c3cc(N)cc(C(F)(F)F)c3)nc(Cc3c(N)cc([C@@H](C)Nc4ncnc5cc(C(=O)N6CCOCC6)sc45)cc3C(F)(F)F)nn2c1. The summed E-state index contributed by atoms with van der Waals surface area (Å²) in [6, 6.07) is 7.31. The van der Waals surface area contributed by atoms with Gasteiger partial charge in [0.1, 0.15) is 23.4 Å². The maximum Gasteiger partial charge on any atom is 0.416 e. The summed E-state index contributed by atoms with van der Waals surface area (Å²) < 4.78 is 97.8. The molecule has 6 N–H and O–H groups in total. The van der Waals surface area contributed by atoms with Crippen molar-refractivity contribution in [2.75, 3.05) is 55.5 Å². The molecule has 57 heavy (non-hydrogen) atoms. The van der Waals surface area contributed by atoms with Crippen molar-refractivity contribution in [1.82, 2.24) is 29.5 Å². The summed E-state index contributed by atoms with van der Waals surface area (Å²) in [5.41, 5.74) is 10.9. The number of hydrogen-bond donors (Lipinski definition) is 4. The molecule has 0 unspecified atom stereocenters. The minimum absolute atomic E-state index is 0.0707. The Labute approximate surface area is 325 Å². The molecule has 6 aromatic rings. The monoisotopic (exact) mass is 814 g/mol. The number of fused-ring (bicyclic) bond motifs is 2. The number of carbonyl (C=O) groups excluding carboxylic acids is 1. The van der Waals surface area contributed by atoms with E-state index >= 15 is 0 Å². The highest BCUT2D eigenvalue weighted by molar-refractivity contribution is 7.21. The topological polar surface area (TPSA) is 171 Å². The molecule has 0 bridgehead atoms. The predicted octanol–water partition coefficient (Wildman–Crippen LogP) is 7.35. The zero-order valence-corrected chi connectivity index (χ0v) is 31.4. The van der Waals surface area contributed by atoms with Crippen LogP contribution in [0.5, 0.6) is 5.75 Å². The van der Waals surface area contributed by atoms with Crippen LogP contribution in [0.3, 0.4) is 0 Å². The average molecular weight is 815 g/mol. The number of aromatic nitrogens is 5. The van der Waals surface area contributed by atoms with Gasteiger partial charge in [0.15, 0.2) is 11.6 Å². The average Bonchev–Trinajstić information content (AvgIpc) is 3.80. The second kappa shape index (κ2) is 15.2. The second-order valence-electron chi connectivity index (χ2n) is 13.5. The molecule has 2 aromatic carbocycles. The van der Waals surface area contributed by atoms with E-state index in [1.54, 1.807) is 30.9 Å². The molecule has 7 rings (SSSR count). The highest BCUT2D eigenvalue weighted by atomic mass is 32.1. The molecule has 20 heteroatoms. The number of methoxy groups -OCH3 is 1. The molecular weight excluding hydrogens is 779 g/mol. The Morgan fingerprint density at radius 3 is 2.32 bits per heavy atom. The number of anilines is 4. The summed E-state index contributed by atoms with van der Waals surface area (Å²) in [6.07, 6.45) is -7.15. The van der Waals surface area contributed by atoms with Crippen molar-refractivity contribution in [1.29, 1.82) is 0 Å². The molecule has 0 spiro atoms.